The minimum absolute atomic E-state index is 0.00422. The zero-order valence-corrected chi connectivity index (χ0v) is 19.2. The molecule has 1 aliphatic carbocycles. The maximum atomic E-state index is 13.4. The molecule has 2 aromatic carbocycles. The fourth-order valence-electron chi connectivity index (χ4n) is 3.12. The smallest absolute Gasteiger partial charge is 0.330 e. The molecule has 3 rings (SSSR count). The molecule has 180 valence electrons. The number of hydrogen-bond donors (Lipinski definition) is 2. The molecule has 9 nitrogen and oxygen atoms in total. The molecular weight excluding hydrogens is 469 g/mol. The summed E-state index contributed by atoms with van der Waals surface area (Å²) in [4.78, 5) is 48.9. The summed E-state index contributed by atoms with van der Waals surface area (Å²) in [5.74, 6) is -3.15. The van der Waals surface area contributed by atoms with Crippen molar-refractivity contribution in [3.63, 3.8) is 0 Å². The summed E-state index contributed by atoms with van der Waals surface area (Å²) in [5.41, 5.74) is -0.253. The third-order valence-electron chi connectivity index (χ3n) is 5.18. The van der Waals surface area contributed by atoms with Gasteiger partial charge in [-0.2, -0.15) is 0 Å². The Bertz CT molecular complexity index is 1100. The predicted octanol–water partition coefficient (Wildman–Crippen LogP) is 3.70. The Balaban J connectivity index is 1.79. The summed E-state index contributed by atoms with van der Waals surface area (Å²) in [7, 11) is 0. The Morgan fingerprint density at radius 3 is 2.35 bits per heavy atom. The van der Waals surface area contributed by atoms with Crippen molar-refractivity contribution >= 4 is 35.1 Å². The lowest BCUT2D eigenvalue weighted by molar-refractivity contribution is -0.384. The molecule has 2 aromatic rings. The van der Waals surface area contributed by atoms with Crippen molar-refractivity contribution in [3.8, 4) is 0 Å². The number of halogens is 2. The standard InChI is InChI=1S/C23H23ClFN3O6/c1-12(2)19(27-21(29)14-5-10-17(24)18(11-14)28(32)33)23(31)34-20(22(30)26-16-8-9-16)13-3-6-15(25)7-4-13/h3-7,10-12,16,19-20H,8-9H2,1-2H3,(H,26,30)(H,27,29). The second-order valence-electron chi connectivity index (χ2n) is 8.27. The van der Waals surface area contributed by atoms with Crippen molar-refractivity contribution < 1.29 is 28.4 Å². The number of nitro benzene ring substituents is 1. The van der Waals surface area contributed by atoms with E-state index in [0.29, 0.717) is 0 Å². The maximum Gasteiger partial charge on any atom is 0.330 e. The highest BCUT2D eigenvalue weighted by atomic mass is 35.5. The Kier molecular flexibility index (Phi) is 7.83. The number of nitrogens with one attached hydrogen (secondary N) is 2. The minimum Gasteiger partial charge on any atom is -0.446 e. The van der Waals surface area contributed by atoms with Crippen LogP contribution in [0.25, 0.3) is 0 Å². The number of benzene rings is 2. The van der Waals surface area contributed by atoms with E-state index in [1.54, 1.807) is 13.8 Å². The molecule has 2 atom stereocenters. The number of esters is 1. The van der Waals surface area contributed by atoms with Gasteiger partial charge in [0.15, 0.2) is 0 Å². The molecule has 0 bridgehead atoms. The number of ether oxygens (including phenoxy) is 1. The van der Waals surface area contributed by atoms with Crippen molar-refractivity contribution in [2.45, 2.75) is 44.9 Å². The van der Waals surface area contributed by atoms with E-state index in [0.717, 1.165) is 31.0 Å². The summed E-state index contributed by atoms with van der Waals surface area (Å²) < 4.78 is 18.9. The number of carbonyl (C=O) groups excluding carboxylic acids is 3. The van der Waals surface area contributed by atoms with Crippen LogP contribution in [-0.2, 0) is 14.3 Å². The van der Waals surface area contributed by atoms with Gasteiger partial charge in [-0.05, 0) is 43.0 Å². The Morgan fingerprint density at radius 1 is 1.15 bits per heavy atom. The fourth-order valence-corrected chi connectivity index (χ4v) is 3.31. The van der Waals surface area contributed by atoms with Gasteiger partial charge in [0.25, 0.3) is 17.5 Å². The van der Waals surface area contributed by atoms with Crippen molar-refractivity contribution in [2.24, 2.45) is 5.92 Å². The van der Waals surface area contributed by atoms with Crippen LogP contribution in [0.15, 0.2) is 42.5 Å². The molecule has 1 saturated carbocycles. The highest BCUT2D eigenvalue weighted by molar-refractivity contribution is 6.32. The zero-order valence-electron chi connectivity index (χ0n) is 18.4. The lowest BCUT2D eigenvalue weighted by atomic mass is 10.0. The van der Waals surface area contributed by atoms with E-state index in [-0.39, 0.29) is 22.2 Å². The van der Waals surface area contributed by atoms with Crippen LogP contribution in [0.3, 0.4) is 0 Å². The highest BCUT2D eigenvalue weighted by Gasteiger charge is 2.34. The van der Waals surface area contributed by atoms with Crippen LogP contribution in [0.4, 0.5) is 10.1 Å². The first-order valence-corrected chi connectivity index (χ1v) is 11.0. The van der Waals surface area contributed by atoms with E-state index < -0.39 is 52.3 Å². The lowest BCUT2D eigenvalue weighted by Gasteiger charge is -2.24. The summed E-state index contributed by atoms with van der Waals surface area (Å²) in [6, 6.07) is 7.32. The molecule has 0 saturated heterocycles. The van der Waals surface area contributed by atoms with Gasteiger partial charge in [-0.1, -0.05) is 37.6 Å². The highest BCUT2D eigenvalue weighted by Crippen LogP contribution is 2.26. The van der Waals surface area contributed by atoms with Crippen molar-refractivity contribution in [3.05, 3.63) is 74.5 Å². The molecule has 0 radical (unpaired) electrons. The van der Waals surface area contributed by atoms with E-state index in [9.17, 15) is 28.9 Å². The van der Waals surface area contributed by atoms with Gasteiger partial charge >= 0.3 is 5.97 Å². The Hall–Kier alpha value is -3.53. The van der Waals surface area contributed by atoms with E-state index in [1.807, 2.05) is 0 Å². The van der Waals surface area contributed by atoms with Gasteiger partial charge in [0.1, 0.15) is 16.9 Å². The largest absolute Gasteiger partial charge is 0.446 e. The number of nitrogens with zero attached hydrogens (tertiary/aromatic N) is 1. The van der Waals surface area contributed by atoms with Crippen LogP contribution < -0.4 is 10.6 Å². The van der Waals surface area contributed by atoms with E-state index in [4.69, 9.17) is 16.3 Å². The molecule has 2 N–H and O–H groups in total. The number of carbonyl (C=O) groups is 3. The molecule has 1 fully saturated rings. The normalized spacial score (nSPS) is 14.7. The minimum atomic E-state index is -1.34. The Morgan fingerprint density at radius 2 is 1.79 bits per heavy atom. The van der Waals surface area contributed by atoms with Crippen LogP contribution >= 0.6 is 11.6 Å². The van der Waals surface area contributed by atoms with Crippen LogP contribution in [0.2, 0.25) is 5.02 Å². The van der Waals surface area contributed by atoms with Crippen LogP contribution in [-0.4, -0.2) is 34.8 Å². The summed E-state index contributed by atoms with van der Waals surface area (Å²) in [6.07, 6.45) is 0.282. The SMILES string of the molecule is CC(C)C(NC(=O)c1ccc(Cl)c([N+](=O)[O-])c1)C(=O)OC(C(=O)NC1CC1)c1ccc(F)cc1. The zero-order chi connectivity index (χ0) is 25.0. The molecular formula is C23H23ClFN3O6. The average Bonchev–Trinajstić information content (AvgIpc) is 3.60. The van der Waals surface area contributed by atoms with Crippen molar-refractivity contribution in [1.29, 1.82) is 0 Å². The van der Waals surface area contributed by atoms with Gasteiger partial charge in [0, 0.05) is 23.2 Å². The third-order valence-corrected chi connectivity index (χ3v) is 5.50. The molecule has 0 heterocycles. The van der Waals surface area contributed by atoms with Crippen LogP contribution in [0.5, 0.6) is 0 Å². The van der Waals surface area contributed by atoms with Gasteiger partial charge in [-0.25, -0.2) is 9.18 Å². The van der Waals surface area contributed by atoms with E-state index in [2.05, 4.69) is 10.6 Å². The second kappa shape index (κ2) is 10.6. The first-order valence-electron chi connectivity index (χ1n) is 10.6. The molecule has 2 unspecified atom stereocenters. The average molecular weight is 492 g/mol. The van der Waals surface area contributed by atoms with E-state index >= 15 is 0 Å². The molecule has 0 spiro atoms. The van der Waals surface area contributed by atoms with Crippen LogP contribution in [0, 0.1) is 21.8 Å². The van der Waals surface area contributed by atoms with Gasteiger partial charge in [-0.3, -0.25) is 19.7 Å². The lowest BCUT2D eigenvalue weighted by Crippen LogP contribution is -2.46. The molecule has 2 amide bonds. The van der Waals surface area contributed by atoms with Crippen molar-refractivity contribution in [1.82, 2.24) is 10.6 Å². The monoisotopic (exact) mass is 491 g/mol. The molecule has 34 heavy (non-hydrogen) atoms. The fraction of sp³-hybridized carbons (Fsp3) is 0.348. The topological polar surface area (TPSA) is 128 Å². The van der Waals surface area contributed by atoms with Gasteiger partial charge in [-0.15, -0.1) is 0 Å². The van der Waals surface area contributed by atoms with Gasteiger partial charge in [0.05, 0.1) is 4.92 Å². The number of amides is 2. The van der Waals surface area contributed by atoms with Crippen molar-refractivity contribution in [2.75, 3.05) is 0 Å². The molecule has 0 aliphatic heterocycles. The number of nitro groups is 1. The quantitative estimate of drug-likeness (QED) is 0.313. The van der Waals surface area contributed by atoms with Crippen LogP contribution in [0.1, 0.15) is 48.7 Å². The first-order chi connectivity index (χ1) is 16.1. The summed E-state index contributed by atoms with van der Waals surface area (Å²) in [5, 5.41) is 16.2. The van der Waals surface area contributed by atoms with E-state index in [1.165, 1.54) is 24.3 Å². The second-order valence-corrected chi connectivity index (χ2v) is 8.68. The first kappa shape index (κ1) is 25.1. The molecule has 11 heteroatoms. The summed E-state index contributed by atoms with van der Waals surface area (Å²) >= 11 is 5.79. The Labute approximate surface area is 199 Å². The summed E-state index contributed by atoms with van der Waals surface area (Å²) in [6.45, 7) is 3.32. The number of rotatable bonds is 9. The van der Waals surface area contributed by atoms with Gasteiger partial charge in [0.2, 0.25) is 6.10 Å². The predicted molar refractivity (Wildman–Crippen MR) is 121 cm³/mol. The maximum absolute atomic E-state index is 13.4. The number of hydrogen-bond acceptors (Lipinski definition) is 6. The third kappa shape index (κ3) is 6.28. The van der Waals surface area contributed by atoms with Gasteiger partial charge < -0.3 is 15.4 Å². The molecule has 0 aromatic heterocycles. The molecule has 1 aliphatic rings.